The third kappa shape index (κ3) is 2.42. The van der Waals surface area contributed by atoms with Crippen molar-refractivity contribution in [1.82, 2.24) is 0 Å². The summed E-state index contributed by atoms with van der Waals surface area (Å²) in [5.41, 5.74) is 6.29. The number of fused-ring (bicyclic) bond motifs is 1. The maximum Gasteiger partial charge on any atom is 0.278 e. The molecule has 0 saturated carbocycles. The second kappa shape index (κ2) is 5.20. The van der Waals surface area contributed by atoms with E-state index in [1.54, 1.807) is 6.07 Å². The molecule has 1 aliphatic rings. The highest BCUT2D eigenvalue weighted by atomic mass is 35.5. The Labute approximate surface area is 104 Å². The van der Waals surface area contributed by atoms with Gasteiger partial charge in [-0.3, -0.25) is 10.1 Å². The van der Waals surface area contributed by atoms with E-state index in [4.69, 9.17) is 15.2 Å². The van der Waals surface area contributed by atoms with Crippen LogP contribution in [-0.2, 0) is 0 Å². The number of nitro groups is 1. The molecule has 2 N–H and O–H groups in total. The Kier molecular flexibility index (Phi) is 4.14. The molecular weight excluding hydrogens is 248 g/mol. The van der Waals surface area contributed by atoms with Gasteiger partial charge in [-0.25, -0.2) is 0 Å². The number of hydrogen-bond donors (Lipinski definition) is 1. The number of halogens is 1. The maximum atomic E-state index is 10.9. The van der Waals surface area contributed by atoms with Gasteiger partial charge in [0.15, 0.2) is 11.5 Å². The van der Waals surface area contributed by atoms with Gasteiger partial charge in [-0.05, 0) is 12.5 Å². The van der Waals surface area contributed by atoms with Crippen molar-refractivity contribution in [3.05, 3.63) is 27.8 Å². The van der Waals surface area contributed by atoms with E-state index in [1.165, 1.54) is 6.07 Å². The van der Waals surface area contributed by atoms with Crippen LogP contribution < -0.4 is 15.2 Å². The maximum absolute atomic E-state index is 10.9. The van der Waals surface area contributed by atoms with Crippen LogP contribution >= 0.6 is 12.4 Å². The smallest absolute Gasteiger partial charge is 0.278 e. The van der Waals surface area contributed by atoms with Gasteiger partial charge in [-0.15, -0.1) is 12.4 Å². The zero-order chi connectivity index (χ0) is 11.7. The first-order chi connectivity index (χ1) is 7.63. The van der Waals surface area contributed by atoms with Gasteiger partial charge < -0.3 is 15.2 Å². The summed E-state index contributed by atoms with van der Waals surface area (Å²) < 4.78 is 10.3. The molecule has 17 heavy (non-hydrogen) atoms. The van der Waals surface area contributed by atoms with Gasteiger partial charge in [0.25, 0.3) is 5.69 Å². The molecule has 0 radical (unpaired) electrons. The monoisotopic (exact) mass is 260 g/mol. The number of ether oxygens (including phenoxy) is 2. The number of benzene rings is 1. The summed E-state index contributed by atoms with van der Waals surface area (Å²) in [6.45, 7) is 1.97. The van der Waals surface area contributed by atoms with E-state index < -0.39 is 4.92 Å². The summed E-state index contributed by atoms with van der Waals surface area (Å²) in [6, 6.07) is 2.59. The van der Waals surface area contributed by atoms with Crippen LogP contribution in [-0.4, -0.2) is 11.7 Å². The standard InChI is InChI=1S/C10H12N2O4.ClH/c1-2-7(11)6-3-9-10(16-5-15-9)4-8(6)12(13)14;/h3-4,7H,2,5,11H2,1H3;1H/t7-;/m0./s1. The second-order valence-electron chi connectivity index (χ2n) is 3.54. The zero-order valence-electron chi connectivity index (χ0n) is 9.21. The highest BCUT2D eigenvalue weighted by Crippen LogP contribution is 2.40. The Morgan fingerprint density at radius 2 is 2.06 bits per heavy atom. The molecule has 0 aliphatic carbocycles. The first-order valence-electron chi connectivity index (χ1n) is 4.97. The molecule has 0 saturated heterocycles. The Morgan fingerprint density at radius 1 is 1.47 bits per heavy atom. The molecule has 2 rings (SSSR count). The lowest BCUT2D eigenvalue weighted by molar-refractivity contribution is -0.385. The van der Waals surface area contributed by atoms with Crippen LogP contribution in [0.25, 0.3) is 0 Å². The average molecular weight is 261 g/mol. The third-order valence-electron chi connectivity index (χ3n) is 2.56. The fraction of sp³-hybridized carbons (Fsp3) is 0.400. The van der Waals surface area contributed by atoms with Crippen LogP contribution in [0.1, 0.15) is 24.9 Å². The Hall–Kier alpha value is -1.53. The first kappa shape index (κ1) is 13.5. The summed E-state index contributed by atoms with van der Waals surface area (Å²) in [5.74, 6) is 0.920. The van der Waals surface area contributed by atoms with Crippen LogP contribution in [0, 0.1) is 10.1 Å². The minimum absolute atomic E-state index is 0. The number of nitrogens with two attached hydrogens (primary N) is 1. The van der Waals surface area contributed by atoms with Crippen molar-refractivity contribution >= 4 is 18.1 Å². The van der Waals surface area contributed by atoms with E-state index in [0.29, 0.717) is 23.5 Å². The van der Waals surface area contributed by atoms with Crippen molar-refractivity contribution in [3.63, 3.8) is 0 Å². The molecule has 1 aliphatic heterocycles. The highest BCUT2D eigenvalue weighted by molar-refractivity contribution is 5.85. The lowest BCUT2D eigenvalue weighted by Crippen LogP contribution is -2.11. The molecule has 1 aromatic rings. The molecule has 1 aromatic carbocycles. The quantitative estimate of drug-likeness (QED) is 0.665. The third-order valence-corrected chi connectivity index (χ3v) is 2.56. The molecule has 7 heteroatoms. The summed E-state index contributed by atoms with van der Waals surface area (Å²) in [5, 5.41) is 10.9. The predicted octanol–water partition coefficient (Wildman–Crippen LogP) is 2.16. The fourth-order valence-electron chi connectivity index (χ4n) is 1.62. The number of rotatable bonds is 3. The molecule has 0 spiro atoms. The van der Waals surface area contributed by atoms with Gasteiger partial charge in [0.2, 0.25) is 6.79 Å². The summed E-state index contributed by atoms with van der Waals surface area (Å²) in [4.78, 5) is 10.4. The van der Waals surface area contributed by atoms with Crippen molar-refractivity contribution in [2.45, 2.75) is 19.4 Å². The van der Waals surface area contributed by atoms with E-state index in [0.717, 1.165) is 0 Å². The van der Waals surface area contributed by atoms with Crippen molar-refractivity contribution < 1.29 is 14.4 Å². The van der Waals surface area contributed by atoms with Crippen LogP contribution in [0.2, 0.25) is 0 Å². The average Bonchev–Trinajstić information content (AvgIpc) is 2.73. The summed E-state index contributed by atoms with van der Waals surface area (Å²) >= 11 is 0. The molecule has 6 nitrogen and oxygen atoms in total. The van der Waals surface area contributed by atoms with Crippen molar-refractivity contribution in [2.24, 2.45) is 5.73 Å². The number of nitro benzene ring substituents is 1. The Bertz CT molecular complexity index is 439. The minimum atomic E-state index is -0.452. The van der Waals surface area contributed by atoms with Gasteiger partial charge in [0.05, 0.1) is 16.6 Å². The van der Waals surface area contributed by atoms with Crippen molar-refractivity contribution in [3.8, 4) is 11.5 Å². The SMILES string of the molecule is CC[C@H](N)c1cc2c(cc1[N+](=O)[O-])OCO2.Cl. The van der Waals surface area contributed by atoms with Crippen LogP contribution in [0.5, 0.6) is 11.5 Å². The van der Waals surface area contributed by atoms with E-state index in [1.807, 2.05) is 6.92 Å². The van der Waals surface area contributed by atoms with Crippen molar-refractivity contribution in [1.29, 1.82) is 0 Å². The number of nitrogens with zero attached hydrogens (tertiary/aromatic N) is 1. The fourth-order valence-corrected chi connectivity index (χ4v) is 1.62. The minimum Gasteiger partial charge on any atom is -0.454 e. The molecule has 94 valence electrons. The molecule has 1 atom stereocenters. The molecule has 0 aromatic heterocycles. The van der Waals surface area contributed by atoms with Gasteiger partial charge in [0.1, 0.15) is 0 Å². The molecule has 0 bridgehead atoms. The highest BCUT2D eigenvalue weighted by Gasteiger charge is 2.25. The lowest BCUT2D eigenvalue weighted by Gasteiger charge is -2.10. The van der Waals surface area contributed by atoms with Gasteiger partial charge in [-0.2, -0.15) is 0 Å². The van der Waals surface area contributed by atoms with E-state index >= 15 is 0 Å². The molecular formula is C10H13ClN2O4. The van der Waals surface area contributed by atoms with E-state index in [2.05, 4.69) is 0 Å². The lowest BCUT2D eigenvalue weighted by atomic mass is 10.0. The number of hydrogen-bond acceptors (Lipinski definition) is 5. The molecule has 0 unspecified atom stereocenters. The Morgan fingerprint density at radius 3 is 2.59 bits per heavy atom. The summed E-state index contributed by atoms with van der Waals surface area (Å²) in [6.07, 6.45) is 0.625. The largest absolute Gasteiger partial charge is 0.454 e. The Balaban J connectivity index is 0.00000144. The van der Waals surface area contributed by atoms with Crippen LogP contribution in [0.3, 0.4) is 0 Å². The predicted molar refractivity (Wildman–Crippen MR) is 63.7 cm³/mol. The van der Waals surface area contributed by atoms with Gasteiger partial charge in [-0.1, -0.05) is 6.92 Å². The second-order valence-corrected chi connectivity index (χ2v) is 3.54. The van der Waals surface area contributed by atoms with Crippen LogP contribution in [0.15, 0.2) is 12.1 Å². The van der Waals surface area contributed by atoms with Crippen molar-refractivity contribution in [2.75, 3.05) is 6.79 Å². The topological polar surface area (TPSA) is 87.6 Å². The van der Waals surface area contributed by atoms with Gasteiger partial charge in [0, 0.05) is 6.04 Å². The van der Waals surface area contributed by atoms with Gasteiger partial charge >= 0.3 is 0 Å². The summed E-state index contributed by atoms with van der Waals surface area (Å²) in [7, 11) is 0. The van der Waals surface area contributed by atoms with E-state index in [9.17, 15) is 10.1 Å². The first-order valence-corrected chi connectivity index (χ1v) is 4.97. The molecule has 0 fully saturated rings. The molecule has 1 heterocycles. The zero-order valence-corrected chi connectivity index (χ0v) is 10.0. The molecule has 0 amide bonds. The normalized spacial score (nSPS) is 14.0. The van der Waals surface area contributed by atoms with E-state index in [-0.39, 0.29) is 30.9 Å². The van der Waals surface area contributed by atoms with Crippen LogP contribution in [0.4, 0.5) is 5.69 Å².